The first kappa shape index (κ1) is 14.3. The normalized spacial score (nSPS) is 19.3. The SMILES string of the molecule is CCCC(=O)N[C@@H]1CCCN(c2cc(Br)ccn2)C1. The van der Waals surface area contributed by atoms with Crippen LogP contribution in [0.4, 0.5) is 5.82 Å². The number of piperidine rings is 1. The van der Waals surface area contributed by atoms with E-state index >= 15 is 0 Å². The number of nitrogens with zero attached hydrogens (tertiary/aromatic N) is 2. The number of hydrogen-bond acceptors (Lipinski definition) is 3. The average molecular weight is 326 g/mol. The van der Waals surface area contributed by atoms with Gasteiger partial charge in [0.1, 0.15) is 5.82 Å². The van der Waals surface area contributed by atoms with Crippen molar-refractivity contribution in [3.63, 3.8) is 0 Å². The Hall–Kier alpha value is -1.10. The summed E-state index contributed by atoms with van der Waals surface area (Å²) in [5.41, 5.74) is 0. The summed E-state index contributed by atoms with van der Waals surface area (Å²) < 4.78 is 1.04. The number of anilines is 1. The molecule has 1 saturated heterocycles. The average Bonchev–Trinajstić information content (AvgIpc) is 2.39. The van der Waals surface area contributed by atoms with Gasteiger partial charge in [0.25, 0.3) is 0 Å². The second-order valence-electron chi connectivity index (χ2n) is 4.93. The molecule has 0 unspecified atom stereocenters. The van der Waals surface area contributed by atoms with Crippen LogP contribution in [0.25, 0.3) is 0 Å². The summed E-state index contributed by atoms with van der Waals surface area (Å²) in [6, 6.07) is 4.19. The van der Waals surface area contributed by atoms with E-state index in [0.29, 0.717) is 6.42 Å². The second-order valence-corrected chi connectivity index (χ2v) is 5.85. The third-order valence-corrected chi connectivity index (χ3v) is 3.79. The highest BCUT2D eigenvalue weighted by molar-refractivity contribution is 9.10. The molecule has 0 saturated carbocycles. The van der Waals surface area contributed by atoms with Gasteiger partial charge >= 0.3 is 0 Å². The Morgan fingerprint density at radius 3 is 3.21 bits per heavy atom. The van der Waals surface area contributed by atoms with Crippen molar-refractivity contribution in [1.29, 1.82) is 0 Å². The van der Waals surface area contributed by atoms with Gasteiger partial charge in [0.2, 0.25) is 5.91 Å². The number of amides is 1. The maximum absolute atomic E-state index is 11.7. The van der Waals surface area contributed by atoms with E-state index in [-0.39, 0.29) is 11.9 Å². The van der Waals surface area contributed by atoms with Crippen molar-refractivity contribution in [2.75, 3.05) is 18.0 Å². The zero-order chi connectivity index (χ0) is 13.7. The molecule has 5 heteroatoms. The molecule has 19 heavy (non-hydrogen) atoms. The molecule has 104 valence electrons. The van der Waals surface area contributed by atoms with Crippen LogP contribution in [0.3, 0.4) is 0 Å². The van der Waals surface area contributed by atoms with Gasteiger partial charge in [-0.25, -0.2) is 4.98 Å². The molecule has 0 spiro atoms. The highest BCUT2D eigenvalue weighted by Gasteiger charge is 2.22. The molecule has 1 amide bonds. The van der Waals surface area contributed by atoms with Gasteiger partial charge < -0.3 is 10.2 Å². The Bertz CT molecular complexity index is 438. The van der Waals surface area contributed by atoms with E-state index in [1.807, 2.05) is 19.1 Å². The quantitative estimate of drug-likeness (QED) is 0.925. The monoisotopic (exact) mass is 325 g/mol. The van der Waals surface area contributed by atoms with Crippen LogP contribution in [0.5, 0.6) is 0 Å². The molecule has 1 atom stereocenters. The van der Waals surface area contributed by atoms with Crippen molar-refractivity contribution in [2.24, 2.45) is 0 Å². The fraction of sp³-hybridized carbons (Fsp3) is 0.571. The van der Waals surface area contributed by atoms with Gasteiger partial charge in [-0.1, -0.05) is 22.9 Å². The largest absolute Gasteiger partial charge is 0.355 e. The molecule has 2 rings (SSSR count). The van der Waals surface area contributed by atoms with Crippen LogP contribution in [0.2, 0.25) is 0 Å². The van der Waals surface area contributed by atoms with E-state index in [9.17, 15) is 4.79 Å². The first-order valence-electron chi connectivity index (χ1n) is 6.85. The van der Waals surface area contributed by atoms with Crippen molar-refractivity contribution in [1.82, 2.24) is 10.3 Å². The Morgan fingerprint density at radius 2 is 2.47 bits per heavy atom. The summed E-state index contributed by atoms with van der Waals surface area (Å²) in [5, 5.41) is 3.11. The zero-order valence-corrected chi connectivity index (χ0v) is 12.8. The smallest absolute Gasteiger partial charge is 0.220 e. The Morgan fingerprint density at radius 1 is 1.63 bits per heavy atom. The highest BCUT2D eigenvalue weighted by Crippen LogP contribution is 2.21. The molecule has 2 heterocycles. The van der Waals surface area contributed by atoms with Gasteiger partial charge in [-0.05, 0) is 31.4 Å². The summed E-state index contributed by atoms with van der Waals surface area (Å²) in [5.74, 6) is 1.14. The summed E-state index contributed by atoms with van der Waals surface area (Å²) in [7, 11) is 0. The molecule has 4 nitrogen and oxygen atoms in total. The molecule has 0 radical (unpaired) electrons. The van der Waals surface area contributed by atoms with Crippen LogP contribution in [0, 0.1) is 0 Å². The molecule has 1 aliphatic rings. The summed E-state index contributed by atoms with van der Waals surface area (Å²) in [4.78, 5) is 18.3. The highest BCUT2D eigenvalue weighted by atomic mass is 79.9. The number of rotatable bonds is 4. The van der Waals surface area contributed by atoms with Crippen molar-refractivity contribution in [3.8, 4) is 0 Å². The predicted octanol–water partition coefficient (Wildman–Crippen LogP) is 2.73. The number of pyridine rings is 1. The van der Waals surface area contributed by atoms with E-state index in [1.165, 1.54) is 0 Å². The van der Waals surface area contributed by atoms with Gasteiger partial charge in [0.05, 0.1) is 0 Å². The number of aromatic nitrogens is 1. The zero-order valence-electron chi connectivity index (χ0n) is 11.2. The van der Waals surface area contributed by atoms with Crippen molar-refractivity contribution < 1.29 is 4.79 Å². The van der Waals surface area contributed by atoms with Crippen molar-refractivity contribution in [2.45, 2.75) is 38.6 Å². The number of halogens is 1. The van der Waals surface area contributed by atoms with E-state index in [2.05, 4.69) is 31.1 Å². The van der Waals surface area contributed by atoms with Crippen LogP contribution < -0.4 is 10.2 Å². The third-order valence-electron chi connectivity index (χ3n) is 3.30. The van der Waals surface area contributed by atoms with Gasteiger partial charge in [0.15, 0.2) is 0 Å². The first-order valence-corrected chi connectivity index (χ1v) is 7.64. The predicted molar refractivity (Wildman–Crippen MR) is 80.2 cm³/mol. The number of carbonyl (C=O) groups excluding carboxylic acids is 1. The minimum atomic E-state index is 0.163. The van der Waals surface area contributed by atoms with Crippen LogP contribution in [-0.2, 0) is 4.79 Å². The maximum Gasteiger partial charge on any atom is 0.220 e. The number of nitrogens with one attached hydrogen (secondary N) is 1. The summed E-state index contributed by atoms with van der Waals surface area (Å²) in [6.07, 6.45) is 5.46. The second kappa shape index (κ2) is 6.89. The molecule has 1 aromatic rings. The lowest BCUT2D eigenvalue weighted by molar-refractivity contribution is -0.121. The lowest BCUT2D eigenvalue weighted by atomic mass is 10.1. The van der Waals surface area contributed by atoms with E-state index in [4.69, 9.17) is 0 Å². The number of carbonyl (C=O) groups is 1. The van der Waals surface area contributed by atoms with Crippen LogP contribution in [0.15, 0.2) is 22.8 Å². The third kappa shape index (κ3) is 4.20. The maximum atomic E-state index is 11.7. The molecule has 0 aliphatic carbocycles. The standard InChI is InChI=1S/C14H20BrN3O/c1-2-4-14(19)17-12-5-3-8-18(10-12)13-9-11(15)6-7-16-13/h6-7,9,12H,2-5,8,10H2,1H3,(H,17,19)/t12-/m1/s1. The van der Waals surface area contributed by atoms with Gasteiger partial charge in [-0.15, -0.1) is 0 Å². The molecule has 1 aromatic heterocycles. The van der Waals surface area contributed by atoms with Gasteiger partial charge in [-0.3, -0.25) is 4.79 Å². The van der Waals surface area contributed by atoms with E-state index in [1.54, 1.807) is 6.20 Å². The molecular formula is C14H20BrN3O. The minimum absolute atomic E-state index is 0.163. The van der Waals surface area contributed by atoms with Gasteiger partial charge in [0, 0.05) is 36.2 Å². The fourth-order valence-corrected chi connectivity index (χ4v) is 2.72. The Balaban J connectivity index is 1.95. The molecule has 1 aliphatic heterocycles. The van der Waals surface area contributed by atoms with Gasteiger partial charge in [-0.2, -0.15) is 0 Å². The van der Waals surface area contributed by atoms with E-state index in [0.717, 1.165) is 42.6 Å². The fourth-order valence-electron chi connectivity index (χ4n) is 2.40. The lowest BCUT2D eigenvalue weighted by Gasteiger charge is -2.34. The van der Waals surface area contributed by atoms with Crippen LogP contribution in [-0.4, -0.2) is 30.0 Å². The number of hydrogen-bond donors (Lipinski definition) is 1. The van der Waals surface area contributed by atoms with Crippen molar-refractivity contribution >= 4 is 27.7 Å². The lowest BCUT2D eigenvalue weighted by Crippen LogP contribution is -2.48. The summed E-state index contributed by atoms with van der Waals surface area (Å²) >= 11 is 3.47. The first-order chi connectivity index (χ1) is 9.19. The van der Waals surface area contributed by atoms with E-state index < -0.39 is 0 Å². The molecule has 0 bridgehead atoms. The molecular weight excluding hydrogens is 306 g/mol. The molecule has 1 N–H and O–H groups in total. The van der Waals surface area contributed by atoms with Crippen molar-refractivity contribution in [3.05, 3.63) is 22.8 Å². The molecule has 1 fully saturated rings. The van der Waals surface area contributed by atoms with Crippen LogP contribution >= 0.6 is 15.9 Å². The topological polar surface area (TPSA) is 45.2 Å². The Labute approximate surface area is 122 Å². The summed E-state index contributed by atoms with van der Waals surface area (Å²) in [6.45, 7) is 3.88. The Kier molecular flexibility index (Phi) is 5.19. The van der Waals surface area contributed by atoms with Crippen LogP contribution in [0.1, 0.15) is 32.6 Å². The molecule has 0 aromatic carbocycles. The minimum Gasteiger partial charge on any atom is -0.355 e.